The third kappa shape index (κ3) is 15.5. The monoisotopic (exact) mass is 984 g/mol. The van der Waals surface area contributed by atoms with E-state index in [4.69, 9.17) is 26.6 Å². The Morgan fingerprint density at radius 2 is 1.76 bits per heavy atom. The number of likely N-dealkylation sites (tertiary alicyclic amines) is 1. The average molecular weight is 986 g/mol. The van der Waals surface area contributed by atoms with Crippen LogP contribution in [0.15, 0.2) is 72.8 Å². The average Bonchev–Trinajstić information content (AvgIpc) is 3.65. The summed E-state index contributed by atoms with van der Waals surface area (Å²) in [5.74, 6) is -2.00. The van der Waals surface area contributed by atoms with Crippen molar-refractivity contribution < 1.29 is 73.3 Å². The molecule has 15 nitrogen and oxygen atoms in total. The number of halogens is 1. The number of carbonyl (C=O) groups is 6. The molecule has 2 aliphatic rings. The number of para-hydroxylation sites is 2. The maximum atomic E-state index is 13.0. The van der Waals surface area contributed by atoms with Crippen LogP contribution < -0.4 is 54.7 Å². The number of aliphatic carboxylic acids is 1. The second kappa shape index (κ2) is 26.9. The van der Waals surface area contributed by atoms with Crippen molar-refractivity contribution in [2.24, 2.45) is 0 Å². The second-order valence-corrected chi connectivity index (χ2v) is 19.0. The van der Waals surface area contributed by atoms with Gasteiger partial charge in [0.05, 0.1) is 22.9 Å². The number of thiophene rings is 1. The van der Waals surface area contributed by atoms with Crippen molar-refractivity contribution in [3.8, 4) is 16.2 Å². The van der Waals surface area contributed by atoms with Gasteiger partial charge in [-0.2, -0.15) is 30.3 Å². The predicted octanol–water partition coefficient (Wildman–Crippen LogP) is 4.73. The van der Waals surface area contributed by atoms with E-state index in [2.05, 4.69) is 56.8 Å². The Bertz CT molecular complexity index is 2300. The van der Waals surface area contributed by atoms with E-state index < -0.39 is 24.6 Å². The Hall–Kier alpha value is -4.46. The molecule has 4 N–H and O–H groups in total. The molecule has 1 atom stereocenters. The number of piperidine rings is 2. The first-order valence-corrected chi connectivity index (χ1v) is 23.9. The molecular formula is C48H58ClN6NaO9S2. The number of nitrogens with one attached hydrogen (secondary N) is 2. The van der Waals surface area contributed by atoms with Crippen LogP contribution in [-0.2, 0) is 29.7 Å². The summed E-state index contributed by atoms with van der Waals surface area (Å²) in [4.78, 5) is 76.9. The number of hydrogen-bond acceptors (Lipinski definition) is 12. The van der Waals surface area contributed by atoms with Crippen LogP contribution in [0.2, 0.25) is 5.02 Å². The largest absolute Gasteiger partial charge is 1.00 e. The number of carboxylic acids is 2. The van der Waals surface area contributed by atoms with Crippen LogP contribution in [0.5, 0.6) is 5.75 Å². The number of likely N-dealkylation sites (N-methyl/N-ethyl adjacent to an activating group) is 1. The fourth-order valence-corrected chi connectivity index (χ4v) is 10.6. The molecule has 2 fully saturated rings. The standard InChI is InChI=1S/C35H50N6O4S.C13H8ClO5S.Na/c1-35(2)18-7-8-19-41(35)46-25-27-11-9-12-28(23-27)37-33(44)24-39-20-16-29(17-21-39)38(4)30-13-5-6-14-31(30)40(26-43)32(15-10-22-42)34(45)36-3;14-9-10(19-6-8(15)16)12(13(17)18)20-11(9)7-4-2-1-3-5-7;/h5-6,9,11-14,22-23,26,29,32H,7-8,10,15-21,24-25H2,1-4H3,(H,36,45)(H,37,44);1-2,4-5H,6H2,(H,15,16)(H,17,18);/q;-1;+1. The summed E-state index contributed by atoms with van der Waals surface area (Å²) in [5.41, 5.74) is 4.40. The number of amides is 3. The zero-order valence-electron chi connectivity index (χ0n) is 38.7. The van der Waals surface area contributed by atoms with E-state index >= 15 is 0 Å². The molecule has 67 heavy (non-hydrogen) atoms. The first-order valence-electron chi connectivity index (χ1n) is 21.8. The maximum Gasteiger partial charge on any atom is 1.00 e. The number of aldehydes is 1. The number of anilines is 3. The summed E-state index contributed by atoms with van der Waals surface area (Å²) < 4.78 is 7.49. The smallest absolute Gasteiger partial charge is 0.479 e. The first kappa shape index (κ1) is 55.1. The van der Waals surface area contributed by atoms with Gasteiger partial charge in [0, 0.05) is 68.0 Å². The van der Waals surface area contributed by atoms with Crippen LogP contribution in [-0.4, -0.2) is 120 Å². The summed E-state index contributed by atoms with van der Waals surface area (Å²) in [7, 11) is 3.53. The van der Waals surface area contributed by atoms with Gasteiger partial charge in [-0.25, -0.2) is 13.9 Å². The predicted molar refractivity (Wildman–Crippen MR) is 261 cm³/mol. The van der Waals surface area contributed by atoms with Crippen LogP contribution in [0, 0.1) is 6.07 Å². The Labute approximate surface area is 428 Å². The second-order valence-electron chi connectivity index (χ2n) is 16.6. The number of benzene rings is 3. The van der Waals surface area contributed by atoms with Gasteiger partial charge < -0.3 is 40.2 Å². The van der Waals surface area contributed by atoms with Gasteiger partial charge in [0.2, 0.25) is 18.2 Å². The third-order valence-electron chi connectivity index (χ3n) is 11.6. The molecule has 3 aromatic carbocycles. The quantitative estimate of drug-likeness (QED) is 0.0413. The van der Waals surface area contributed by atoms with Gasteiger partial charge in [-0.1, -0.05) is 54.2 Å². The molecule has 4 aromatic rings. The summed E-state index contributed by atoms with van der Waals surface area (Å²) in [5, 5.41) is 23.5. The molecule has 2 aliphatic heterocycles. The summed E-state index contributed by atoms with van der Waals surface area (Å²) >= 11 is 8.92. The first-order chi connectivity index (χ1) is 31.7. The Balaban J connectivity index is 0.000000389. The van der Waals surface area contributed by atoms with Gasteiger partial charge in [-0.15, -0.1) is 16.9 Å². The molecule has 1 unspecified atom stereocenters. The molecule has 0 aliphatic carbocycles. The van der Waals surface area contributed by atoms with E-state index in [1.807, 2.05) is 55.4 Å². The van der Waals surface area contributed by atoms with Crippen molar-refractivity contribution in [3.05, 3.63) is 94.3 Å². The van der Waals surface area contributed by atoms with E-state index in [0.717, 1.165) is 67.2 Å². The Kier molecular flexibility index (Phi) is 22.2. The van der Waals surface area contributed by atoms with E-state index in [9.17, 15) is 28.8 Å². The number of carboxylic acid groups (broad SMARTS) is 2. The summed E-state index contributed by atoms with van der Waals surface area (Å²) in [6, 6.07) is 24.8. The van der Waals surface area contributed by atoms with E-state index in [1.54, 1.807) is 24.3 Å². The molecule has 0 bridgehead atoms. The van der Waals surface area contributed by atoms with Crippen LogP contribution in [0.3, 0.4) is 0 Å². The van der Waals surface area contributed by atoms with E-state index in [0.29, 0.717) is 29.1 Å². The van der Waals surface area contributed by atoms with Gasteiger partial charge in [-0.3, -0.25) is 19.3 Å². The van der Waals surface area contributed by atoms with Crippen LogP contribution in [0.4, 0.5) is 17.1 Å². The van der Waals surface area contributed by atoms with Crippen LogP contribution >= 0.6 is 34.9 Å². The maximum absolute atomic E-state index is 13.0. The Morgan fingerprint density at radius 1 is 1.03 bits per heavy atom. The van der Waals surface area contributed by atoms with E-state index in [-0.39, 0.29) is 81.4 Å². The fourth-order valence-electron chi connectivity index (χ4n) is 8.02. The van der Waals surface area contributed by atoms with Gasteiger partial charge in [-0.05, 0) is 75.8 Å². The molecule has 2 saturated heterocycles. The molecule has 3 amide bonds. The number of nitrogens with zero attached hydrogens (tertiary/aromatic N) is 4. The Morgan fingerprint density at radius 3 is 2.39 bits per heavy atom. The van der Waals surface area contributed by atoms with Crippen LogP contribution in [0.25, 0.3) is 10.4 Å². The molecule has 0 spiro atoms. The normalized spacial score (nSPS) is 15.4. The molecule has 0 radical (unpaired) electrons. The van der Waals surface area contributed by atoms with Gasteiger partial charge in [0.1, 0.15) is 12.3 Å². The third-order valence-corrected chi connectivity index (χ3v) is 14.7. The fraction of sp³-hybridized carbons (Fsp3) is 0.417. The molecule has 3 heterocycles. The number of carbonyl (C=O) groups excluding carboxylic acids is 4. The van der Waals surface area contributed by atoms with Crippen molar-refractivity contribution in [2.45, 2.75) is 82.2 Å². The number of hydrogen-bond donors (Lipinski definition) is 4. The van der Waals surface area contributed by atoms with Crippen molar-refractivity contribution in [1.82, 2.24) is 14.5 Å². The minimum atomic E-state index is -1.22. The SMILES string of the molecule is CNC(=O)C(CCC=O)N(C=O)c1ccccc1N(C)C1CCN(CC(=O)Nc2cccc(CSN3CCCCC3(C)C)c2)CC1.O=C(O)COc1c(C(=O)O)sc(-c2c[c-]ccc2)c1Cl.[Na+]. The van der Waals surface area contributed by atoms with Crippen molar-refractivity contribution in [3.63, 3.8) is 0 Å². The summed E-state index contributed by atoms with van der Waals surface area (Å²) in [6.45, 7) is 6.97. The van der Waals surface area contributed by atoms with Gasteiger partial charge in [0.15, 0.2) is 17.2 Å². The molecule has 0 saturated carbocycles. The van der Waals surface area contributed by atoms with Gasteiger partial charge in [0.25, 0.3) is 0 Å². The van der Waals surface area contributed by atoms with Crippen LogP contribution in [0.1, 0.15) is 74.0 Å². The number of ether oxygens (including phenoxy) is 1. The topological polar surface area (TPSA) is 189 Å². The van der Waals surface area contributed by atoms with Crippen molar-refractivity contribution in [2.75, 3.05) is 62.0 Å². The number of aromatic carboxylic acids is 1. The minimum Gasteiger partial charge on any atom is -0.479 e. The van der Waals surface area contributed by atoms with Crippen molar-refractivity contribution >= 4 is 88.4 Å². The zero-order chi connectivity index (χ0) is 47.8. The van der Waals surface area contributed by atoms with Gasteiger partial charge >= 0.3 is 41.5 Å². The molecule has 354 valence electrons. The van der Waals surface area contributed by atoms with Crippen molar-refractivity contribution in [1.29, 1.82) is 0 Å². The van der Waals surface area contributed by atoms with E-state index in [1.165, 1.54) is 36.8 Å². The molecule has 6 rings (SSSR count). The molecule has 1 aromatic heterocycles. The zero-order valence-corrected chi connectivity index (χ0v) is 43.1. The summed E-state index contributed by atoms with van der Waals surface area (Å²) in [6.07, 6.45) is 7.30. The minimum absolute atomic E-state index is 0. The molecular weight excluding hydrogens is 927 g/mol. The number of rotatable bonds is 20. The molecule has 19 heteroatoms.